The maximum Gasteiger partial charge on any atom is 0.0569 e. The lowest BCUT2D eigenvalue weighted by Crippen LogP contribution is -1.98. The number of aromatic nitrogens is 2. The third-order valence-corrected chi connectivity index (χ3v) is 3.48. The first-order valence-corrected chi connectivity index (χ1v) is 6.58. The Morgan fingerprint density at radius 2 is 2.00 bits per heavy atom. The van der Waals surface area contributed by atoms with Gasteiger partial charge in [-0.3, -0.25) is 5.10 Å². The van der Waals surface area contributed by atoms with Crippen molar-refractivity contribution in [2.24, 2.45) is 5.73 Å². The predicted octanol–water partition coefficient (Wildman–Crippen LogP) is 3.04. The van der Waals surface area contributed by atoms with Crippen LogP contribution in [0.1, 0.15) is 19.5 Å². The van der Waals surface area contributed by atoms with Crippen LogP contribution in [0.5, 0.6) is 0 Å². The highest BCUT2D eigenvalue weighted by Crippen LogP contribution is 2.27. The van der Waals surface area contributed by atoms with Crippen molar-refractivity contribution in [3.05, 3.63) is 36.2 Å². The number of aromatic amines is 1. The Morgan fingerprint density at radius 1 is 1.29 bits per heavy atom. The molecule has 90 valence electrons. The fraction of sp³-hybridized carbons (Fsp3) is 0.308. The number of thioether (sulfide) groups is 1. The van der Waals surface area contributed by atoms with Gasteiger partial charge in [0.25, 0.3) is 0 Å². The summed E-state index contributed by atoms with van der Waals surface area (Å²) in [6.45, 7) is 4.88. The van der Waals surface area contributed by atoms with E-state index in [0.29, 0.717) is 11.8 Å². The third kappa shape index (κ3) is 2.90. The topological polar surface area (TPSA) is 54.7 Å². The quantitative estimate of drug-likeness (QED) is 0.816. The van der Waals surface area contributed by atoms with Crippen molar-refractivity contribution in [1.82, 2.24) is 10.2 Å². The van der Waals surface area contributed by atoms with Crippen LogP contribution in [0.3, 0.4) is 0 Å². The van der Waals surface area contributed by atoms with Crippen LogP contribution in [-0.2, 0) is 6.54 Å². The van der Waals surface area contributed by atoms with Gasteiger partial charge in [-0.05, 0) is 17.7 Å². The SMILES string of the molecule is CC(C)Sc1ccc(-c2cn[nH]c2CN)cc1. The first-order valence-electron chi connectivity index (χ1n) is 5.70. The minimum atomic E-state index is 0.484. The standard InChI is InChI=1S/C13H17N3S/c1-9(2)17-11-5-3-10(4-6-11)12-8-15-16-13(12)7-14/h3-6,8-9H,7,14H2,1-2H3,(H,15,16). The maximum absolute atomic E-state index is 5.65. The second kappa shape index (κ2) is 5.38. The summed E-state index contributed by atoms with van der Waals surface area (Å²) >= 11 is 1.87. The number of nitrogens with two attached hydrogens (primary N) is 1. The van der Waals surface area contributed by atoms with Gasteiger partial charge in [0.2, 0.25) is 0 Å². The highest BCUT2D eigenvalue weighted by molar-refractivity contribution is 7.99. The molecule has 2 aromatic rings. The van der Waals surface area contributed by atoms with Gasteiger partial charge in [0, 0.05) is 22.3 Å². The molecule has 0 aliphatic rings. The third-order valence-electron chi connectivity index (χ3n) is 2.46. The molecule has 1 aromatic heterocycles. The van der Waals surface area contributed by atoms with Crippen LogP contribution in [-0.4, -0.2) is 15.4 Å². The highest BCUT2D eigenvalue weighted by Gasteiger charge is 2.06. The van der Waals surface area contributed by atoms with E-state index in [4.69, 9.17) is 5.73 Å². The summed E-state index contributed by atoms with van der Waals surface area (Å²) in [7, 11) is 0. The number of nitrogens with one attached hydrogen (secondary N) is 1. The van der Waals surface area contributed by atoms with E-state index in [-0.39, 0.29) is 0 Å². The zero-order valence-electron chi connectivity index (χ0n) is 10.1. The van der Waals surface area contributed by atoms with Gasteiger partial charge in [0.1, 0.15) is 0 Å². The second-order valence-corrected chi connectivity index (χ2v) is 5.81. The molecule has 0 fully saturated rings. The average molecular weight is 247 g/mol. The first kappa shape index (κ1) is 12.2. The molecule has 1 heterocycles. The van der Waals surface area contributed by atoms with Gasteiger partial charge in [-0.25, -0.2) is 0 Å². The van der Waals surface area contributed by atoms with Crippen LogP contribution < -0.4 is 5.73 Å². The van der Waals surface area contributed by atoms with E-state index < -0.39 is 0 Å². The summed E-state index contributed by atoms with van der Waals surface area (Å²) in [5, 5.41) is 7.56. The molecule has 0 bridgehead atoms. The smallest absolute Gasteiger partial charge is 0.0569 e. The van der Waals surface area contributed by atoms with Gasteiger partial charge in [0.15, 0.2) is 0 Å². The summed E-state index contributed by atoms with van der Waals surface area (Å²) in [4.78, 5) is 1.29. The Labute approximate surface area is 106 Å². The zero-order valence-corrected chi connectivity index (χ0v) is 10.9. The molecule has 0 amide bonds. The molecule has 0 atom stereocenters. The minimum absolute atomic E-state index is 0.484. The van der Waals surface area contributed by atoms with Gasteiger partial charge in [-0.1, -0.05) is 26.0 Å². The van der Waals surface area contributed by atoms with Crippen molar-refractivity contribution < 1.29 is 0 Å². The molecule has 0 radical (unpaired) electrons. The number of hydrogen-bond acceptors (Lipinski definition) is 3. The molecule has 17 heavy (non-hydrogen) atoms. The number of nitrogens with zero attached hydrogens (tertiary/aromatic N) is 1. The lowest BCUT2D eigenvalue weighted by Gasteiger charge is -2.06. The second-order valence-electron chi connectivity index (χ2n) is 4.16. The Hall–Kier alpha value is -1.26. The van der Waals surface area contributed by atoms with Crippen LogP contribution in [0.2, 0.25) is 0 Å². The van der Waals surface area contributed by atoms with Crippen molar-refractivity contribution >= 4 is 11.8 Å². The van der Waals surface area contributed by atoms with Gasteiger partial charge < -0.3 is 5.73 Å². The number of hydrogen-bond donors (Lipinski definition) is 2. The monoisotopic (exact) mass is 247 g/mol. The molecule has 0 spiro atoms. The van der Waals surface area contributed by atoms with Crippen LogP contribution in [0.4, 0.5) is 0 Å². The van der Waals surface area contributed by atoms with E-state index in [1.165, 1.54) is 4.90 Å². The van der Waals surface area contributed by atoms with Crippen molar-refractivity contribution in [3.63, 3.8) is 0 Å². The normalized spacial score (nSPS) is 11.1. The molecule has 0 aliphatic heterocycles. The van der Waals surface area contributed by atoms with Gasteiger partial charge in [0.05, 0.1) is 11.9 Å². The summed E-state index contributed by atoms with van der Waals surface area (Å²) in [5.41, 5.74) is 8.88. The van der Waals surface area contributed by atoms with Crippen LogP contribution in [0, 0.1) is 0 Å². The number of rotatable bonds is 4. The summed E-state index contributed by atoms with van der Waals surface area (Å²) in [5.74, 6) is 0. The lowest BCUT2D eigenvalue weighted by molar-refractivity contribution is 0.948. The van der Waals surface area contributed by atoms with Crippen molar-refractivity contribution in [2.45, 2.75) is 30.5 Å². The predicted molar refractivity (Wildman–Crippen MR) is 72.9 cm³/mol. The molecule has 2 rings (SSSR count). The minimum Gasteiger partial charge on any atom is -0.325 e. The van der Waals surface area contributed by atoms with Gasteiger partial charge in [-0.15, -0.1) is 11.8 Å². The van der Waals surface area contributed by atoms with Crippen molar-refractivity contribution in [2.75, 3.05) is 0 Å². The summed E-state index contributed by atoms with van der Waals surface area (Å²) in [6, 6.07) is 8.53. The van der Waals surface area contributed by atoms with Crippen molar-refractivity contribution in [3.8, 4) is 11.1 Å². The van der Waals surface area contributed by atoms with E-state index in [9.17, 15) is 0 Å². The maximum atomic E-state index is 5.65. The molecule has 3 nitrogen and oxygen atoms in total. The molecule has 3 N–H and O–H groups in total. The van der Waals surface area contributed by atoms with Crippen LogP contribution >= 0.6 is 11.8 Å². The average Bonchev–Trinajstić information content (AvgIpc) is 2.77. The Bertz CT molecular complexity index is 474. The summed E-state index contributed by atoms with van der Waals surface area (Å²) < 4.78 is 0. The van der Waals surface area contributed by atoms with Crippen LogP contribution in [0.25, 0.3) is 11.1 Å². The van der Waals surface area contributed by atoms with E-state index in [1.807, 2.05) is 18.0 Å². The molecule has 0 aliphatic carbocycles. The molecule has 0 saturated heterocycles. The molecular weight excluding hydrogens is 230 g/mol. The largest absolute Gasteiger partial charge is 0.325 e. The molecule has 0 saturated carbocycles. The highest BCUT2D eigenvalue weighted by atomic mass is 32.2. The van der Waals surface area contributed by atoms with E-state index in [0.717, 1.165) is 16.8 Å². The van der Waals surface area contributed by atoms with E-state index >= 15 is 0 Å². The van der Waals surface area contributed by atoms with Gasteiger partial charge in [-0.2, -0.15) is 5.10 Å². The Balaban J connectivity index is 2.23. The van der Waals surface area contributed by atoms with E-state index in [2.05, 4.69) is 48.3 Å². The number of benzene rings is 1. The van der Waals surface area contributed by atoms with E-state index in [1.54, 1.807) is 0 Å². The van der Waals surface area contributed by atoms with Crippen molar-refractivity contribution in [1.29, 1.82) is 0 Å². The zero-order chi connectivity index (χ0) is 12.3. The first-order chi connectivity index (χ1) is 8.20. The fourth-order valence-electron chi connectivity index (χ4n) is 1.70. The molecule has 1 aromatic carbocycles. The van der Waals surface area contributed by atoms with Crippen LogP contribution in [0.15, 0.2) is 35.4 Å². The Morgan fingerprint density at radius 3 is 2.59 bits per heavy atom. The molecule has 0 unspecified atom stereocenters. The lowest BCUT2D eigenvalue weighted by atomic mass is 10.1. The molecular formula is C13H17N3S. The Kier molecular flexibility index (Phi) is 3.86. The number of H-pyrrole nitrogens is 1. The summed E-state index contributed by atoms with van der Waals surface area (Å²) in [6.07, 6.45) is 1.83. The van der Waals surface area contributed by atoms with Gasteiger partial charge >= 0.3 is 0 Å². The molecule has 4 heteroatoms. The fourth-order valence-corrected chi connectivity index (χ4v) is 2.54.